The van der Waals surface area contributed by atoms with Crippen molar-refractivity contribution in [3.8, 4) is 5.75 Å². The summed E-state index contributed by atoms with van der Waals surface area (Å²) in [4.78, 5) is 156. The molecule has 110 heavy (non-hydrogen) atoms. The number of nitrogens with two attached hydrogens (primary N) is 1. The molecule has 37 heteroatoms. The number of halogens is 1. The van der Waals surface area contributed by atoms with Crippen LogP contribution in [0, 0.1) is 12.8 Å². The number of ether oxygens (including phenoxy) is 7. The van der Waals surface area contributed by atoms with Gasteiger partial charge >= 0.3 is 30.4 Å². The van der Waals surface area contributed by atoms with E-state index >= 15 is 0 Å². The molecule has 0 unspecified atom stereocenters. The molecular weight excluding hydrogens is 1460 g/mol. The van der Waals surface area contributed by atoms with Gasteiger partial charge in [-0.15, -0.1) is 16.7 Å². The third-order valence-corrected chi connectivity index (χ3v) is 18.0. The Kier molecular flexibility index (Phi) is 30.3. The number of hydrogen-bond donors (Lipinski definition) is 10. The summed E-state index contributed by atoms with van der Waals surface area (Å²) in [6, 6.07) is 13.7. The molecule has 0 spiro atoms. The van der Waals surface area contributed by atoms with E-state index in [1.807, 2.05) is 25.1 Å². The van der Waals surface area contributed by atoms with Crippen molar-refractivity contribution in [2.24, 2.45) is 11.7 Å². The number of urea groups is 1. The number of aromatic amines is 1. The number of alkyl halides is 1. The van der Waals surface area contributed by atoms with Crippen LogP contribution >= 0.6 is 11.6 Å². The number of fused-ring (bicyclic) bond motifs is 4. The van der Waals surface area contributed by atoms with Crippen molar-refractivity contribution in [3.05, 3.63) is 137 Å². The summed E-state index contributed by atoms with van der Waals surface area (Å²) in [6.07, 6.45) is 6.24. The number of aliphatic hydroxyl groups excluding tert-OH is 2. The number of benzene rings is 3. The number of carbonyl (C=O) groups is 11. The minimum absolute atomic E-state index is 0.000105. The number of aryl methyl sites for hydroxylation is 1. The van der Waals surface area contributed by atoms with Crippen molar-refractivity contribution in [3.63, 3.8) is 0 Å². The number of likely N-dealkylation sites (N-methyl/N-ethyl adjacent to an activating group) is 1. The molecule has 3 aromatic carbocycles. The zero-order valence-corrected chi connectivity index (χ0v) is 61.8. The van der Waals surface area contributed by atoms with E-state index in [-0.39, 0.29) is 172 Å². The van der Waals surface area contributed by atoms with Crippen LogP contribution in [0.25, 0.3) is 21.7 Å². The molecule has 2 aliphatic heterocycles. The molecule has 12 amide bonds. The van der Waals surface area contributed by atoms with Crippen LogP contribution in [0.1, 0.15) is 78.3 Å². The van der Waals surface area contributed by atoms with E-state index in [4.69, 9.17) is 50.5 Å². The monoisotopic (exact) mass is 1540 g/mol. The average molecular weight is 1550 g/mol. The van der Waals surface area contributed by atoms with E-state index in [0.29, 0.717) is 57.3 Å². The lowest BCUT2D eigenvalue weighted by molar-refractivity contribution is -0.137. The maximum atomic E-state index is 14.7. The second kappa shape index (κ2) is 40.5. The van der Waals surface area contributed by atoms with Gasteiger partial charge in [0.15, 0.2) is 0 Å². The lowest BCUT2D eigenvalue weighted by atomic mass is 9.92. The first kappa shape index (κ1) is 82.3. The van der Waals surface area contributed by atoms with Crippen molar-refractivity contribution < 1.29 is 96.1 Å². The first-order valence-electron chi connectivity index (χ1n) is 35.5. The number of hydrogen-bond acceptors (Lipinski definition) is 23. The Morgan fingerprint density at radius 3 is 2.24 bits per heavy atom. The lowest BCUT2D eigenvalue weighted by Gasteiger charge is -2.26. The maximum Gasteiger partial charge on any atom is 0.415 e. The smallest absolute Gasteiger partial charge is 0.415 e. The summed E-state index contributed by atoms with van der Waals surface area (Å²) in [5, 5.41) is 44.9. The Morgan fingerprint density at radius 2 is 1.53 bits per heavy atom. The number of primary amides is 1. The van der Waals surface area contributed by atoms with Gasteiger partial charge in [-0.1, -0.05) is 55.5 Å². The highest BCUT2D eigenvalue weighted by Crippen LogP contribution is 2.47. The summed E-state index contributed by atoms with van der Waals surface area (Å²) in [5.74, 6) is -2.97. The Labute approximate surface area is 636 Å². The van der Waals surface area contributed by atoms with Gasteiger partial charge in [0, 0.05) is 98.2 Å². The number of pyridine rings is 1. The van der Waals surface area contributed by atoms with E-state index in [2.05, 4.69) is 52.2 Å². The van der Waals surface area contributed by atoms with Crippen LogP contribution in [-0.4, -0.2) is 239 Å². The van der Waals surface area contributed by atoms with Gasteiger partial charge in [0.25, 0.3) is 23.6 Å². The van der Waals surface area contributed by atoms with Crippen LogP contribution in [0.5, 0.6) is 5.75 Å². The summed E-state index contributed by atoms with van der Waals surface area (Å²) in [6.45, 7) is 5.30. The number of alkyl carbamates (subject to hydrolysis) is 2. The quantitative estimate of drug-likeness (QED) is 0.0101. The zero-order valence-electron chi connectivity index (χ0n) is 61.1. The fourth-order valence-corrected chi connectivity index (χ4v) is 12.1. The maximum absolute atomic E-state index is 14.7. The number of allylic oxidation sites excluding steroid dienone is 3. The van der Waals surface area contributed by atoms with Crippen molar-refractivity contribution >= 4 is 116 Å². The van der Waals surface area contributed by atoms with Crippen molar-refractivity contribution in [2.75, 3.05) is 127 Å². The van der Waals surface area contributed by atoms with Crippen LogP contribution in [0.3, 0.4) is 0 Å². The van der Waals surface area contributed by atoms with Gasteiger partial charge in [-0.3, -0.25) is 33.7 Å². The van der Waals surface area contributed by atoms with E-state index < -0.39 is 77.9 Å². The fourth-order valence-electron chi connectivity index (χ4n) is 11.8. The van der Waals surface area contributed by atoms with Crippen molar-refractivity contribution in [1.82, 2.24) is 60.9 Å². The van der Waals surface area contributed by atoms with Gasteiger partial charge in [0.1, 0.15) is 54.9 Å². The molecule has 36 nitrogen and oxygen atoms in total. The highest BCUT2D eigenvalue weighted by atomic mass is 35.5. The van der Waals surface area contributed by atoms with Gasteiger partial charge in [-0.25, -0.2) is 33.6 Å². The number of imide groups is 1. The second-order valence-electron chi connectivity index (χ2n) is 25.9. The molecule has 3 atom stereocenters. The number of H-pyrrole nitrogens is 1. The van der Waals surface area contributed by atoms with Gasteiger partial charge in [0.05, 0.1) is 95.2 Å². The Balaban J connectivity index is 0.729. The number of nitrogens with zero attached hydrogens (tertiary/aromatic N) is 8. The van der Waals surface area contributed by atoms with Gasteiger partial charge in [0.2, 0.25) is 11.8 Å². The molecule has 0 radical (unpaired) electrons. The molecule has 1 aliphatic carbocycles. The number of anilines is 3. The first-order valence-corrected chi connectivity index (χ1v) is 36.0. The normalized spacial score (nSPS) is 14.3. The predicted molar refractivity (Wildman–Crippen MR) is 398 cm³/mol. The van der Waals surface area contributed by atoms with E-state index in [1.54, 1.807) is 73.5 Å². The largest absolute Gasteiger partial charge is 0.512 e. The van der Waals surface area contributed by atoms with E-state index in [0.717, 1.165) is 21.4 Å². The number of carbonyl (C=O) groups excluding carboxylic acids is 11. The predicted octanol–water partition coefficient (Wildman–Crippen LogP) is 5.28. The summed E-state index contributed by atoms with van der Waals surface area (Å²) >= 11 is 6.67. The standard InChI is InChI=1S/C73H89ClN16O20/c1-44(2)64(83-71(101)108-34-32-105-28-24-88-42-51(84-85-88)39-78-70(100)107-33-31-106-29-25-89-60(93)18-19-61(89)94)67(97)81-54(9-6-20-76-69(75)99)66(96)79-50-14-10-46(11-15-50)43-109-72(102)86(4)21-22-87(23-27-104-30-26-91)73(103)110-58-37-57-63(62-45(3)7-5-8-53(58)62)49(38-74)41-90(57)68(98)55-35-48-36-59(77-40-56(48)80-55)82-65(95)47-12-16-52(92)17-13-47/h5,7-8,10-12,14-16,18-19,35-37,40,42,44,49,54,64,80,91-92H,6,9,13,17,20-34,38-39,41,43H2,1-4H3,(H,78,100)(H,79,96)(H,81,97)(H,83,101)(H3,75,76,99)(H,77,82,95)/t49-,54+,64+/m1/s1. The molecule has 3 aromatic heterocycles. The summed E-state index contributed by atoms with van der Waals surface area (Å²) in [7, 11) is 1.48. The molecular formula is C73H89ClN16O20. The average Bonchev–Trinajstić information content (AvgIpc) is 1.49. The number of nitrogens with one attached hydrogen (secondary N) is 7. The van der Waals surface area contributed by atoms with Crippen molar-refractivity contribution in [2.45, 2.75) is 84.2 Å². The molecule has 0 fully saturated rings. The number of aliphatic hydroxyl groups is 2. The third kappa shape index (κ3) is 23.4. The SMILES string of the molecule is Cc1cccc2c(OC(=O)N(CCOCCO)CCN(C)C(=O)OCc3ccc(NC(=O)[C@H](CCCNC(N)=O)NC(=O)[C@@H](NC(=O)OCCOCCn4cc(CNC(=O)OCCOCCN5C(=O)C=CC5=O)nn4)C(C)C)cc3)cc3c(c12)[C@H](CCl)CN3C(=O)c1cc2cc(NC(=O)C3=CC=C(O)CC3)ncc2[nH]1. The second-order valence-corrected chi connectivity index (χ2v) is 26.2. The molecule has 5 heterocycles. The van der Waals surface area contributed by atoms with Crippen molar-refractivity contribution in [1.29, 1.82) is 0 Å². The van der Waals surface area contributed by atoms with Gasteiger partial charge < -0.3 is 101 Å². The minimum Gasteiger partial charge on any atom is -0.512 e. The molecule has 9 rings (SSSR count). The van der Waals surface area contributed by atoms with Gasteiger partial charge in [-0.2, -0.15) is 0 Å². The topological polar surface area (TPSA) is 463 Å². The fraction of sp³-hybridized carbons (Fsp3) is 0.425. The zero-order chi connectivity index (χ0) is 78.8. The summed E-state index contributed by atoms with van der Waals surface area (Å²) in [5.41, 5.74) is 9.88. The number of aromatic nitrogens is 5. The third-order valence-electron chi connectivity index (χ3n) is 17.6. The van der Waals surface area contributed by atoms with Crippen LogP contribution in [0.2, 0.25) is 0 Å². The molecule has 588 valence electrons. The van der Waals surface area contributed by atoms with Gasteiger partial charge in [-0.05, 0) is 84.5 Å². The van der Waals surface area contributed by atoms with E-state index in [9.17, 15) is 63.0 Å². The van der Waals surface area contributed by atoms with Crippen LogP contribution in [0.4, 0.5) is 41.2 Å². The highest BCUT2D eigenvalue weighted by molar-refractivity contribution is 6.20. The Bertz CT molecular complexity index is 4390. The van der Waals surface area contributed by atoms with E-state index in [1.165, 1.54) is 46.0 Å². The lowest BCUT2D eigenvalue weighted by Crippen LogP contribution is -2.54. The van der Waals surface area contributed by atoms with Crippen LogP contribution in [-0.2, 0) is 72.1 Å². The summed E-state index contributed by atoms with van der Waals surface area (Å²) < 4.78 is 40.2. The Hall–Kier alpha value is -11.7. The number of amides is 12. The Morgan fingerprint density at radius 1 is 0.791 bits per heavy atom. The molecule has 3 aliphatic rings. The van der Waals surface area contributed by atoms with Crippen LogP contribution < -0.4 is 47.3 Å². The molecule has 0 saturated carbocycles. The first-order chi connectivity index (χ1) is 53.0. The molecule has 11 N–H and O–H groups in total. The molecule has 0 saturated heterocycles. The molecule has 0 bridgehead atoms. The number of rotatable bonds is 39. The van der Waals surface area contributed by atoms with Crippen LogP contribution in [0.15, 0.2) is 109 Å². The highest BCUT2D eigenvalue weighted by Gasteiger charge is 2.38. The minimum atomic E-state index is -1.18. The molecule has 6 aromatic rings.